The van der Waals surface area contributed by atoms with Gasteiger partial charge in [0.25, 0.3) is 0 Å². The SMILES string of the molecule is CC1(C)CNC(Cc2cccs2)O1. The molecule has 1 aromatic rings. The van der Waals surface area contributed by atoms with Crippen LogP contribution in [0.4, 0.5) is 0 Å². The maximum atomic E-state index is 5.82. The minimum Gasteiger partial charge on any atom is -0.356 e. The van der Waals surface area contributed by atoms with Gasteiger partial charge in [-0.3, -0.25) is 5.32 Å². The fraction of sp³-hybridized carbons (Fsp3) is 0.600. The number of rotatable bonds is 2. The smallest absolute Gasteiger partial charge is 0.113 e. The average molecular weight is 197 g/mol. The highest BCUT2D eigenvalue weighted by atomic mass is 32.1. The van der Waals surface area contributed by atoms with Crippen LogP contribution in [-0.4, -0.2) is 18.4 Å². The molecule has 1 aliphatic heterocycles. The van der Waals surface area contributed by atoms with Gasteiger partial charge in [0.05, 0.1) is 5.60 Å². The third-order valence-corrected chi connectivity index (χ3v) is 3.08. The number of hydrogen-bond donors (Lipinski definition) is 1. The van der Waals surface area contributed by atoms with Crippen molar-refractivity contribution in [1.82, 2.24) is 5.32 Å². The van der Waals surface area contributed by atoms with E-state index in [-0.39, 0.29) is 11.8 Å². The predicted octanol–water partition coefficient (Wildman–Crippen LogP) is 2.02. The van der Waals surface area contributed by atoms with Crippen LogP contribution in [0.5, 0.6) is 0 Å². The molecule has 3 heteroatoms. The molecule has 2 nitrogen and oxygen atoms in total. The Hall–Kier alpha value is -0.380. The summed E-state index contributed by atoms with van der Waals surface area (Å²) in [5, 5.41) is 5.48. The van der Waals surface area contributed by atoms with E-state index in [0.29, 0.717) is 0 Å². The summed E-state index contributed by atoms with van der Waals surface area (Å²) in [4.78, 5) is 1.38. The van der Waals surface area contributed by atoms with Crippen LogP contribution in [0, 0.1) is 0 Å². The molecule has 0 bridgehead atoms. The van der Waals surface area contributed by atoms with E-state index in [1.807, 2.05) is 0 Å². The van der Waals surface area contributed by atoms with Crippen molar-refractivity contribution in [1.29, 1.82) is 0 Å². The van der Waals surface area contributed by atoms with Crippen molar-refractivity contribution in [2.75, 3.05) is 6.54 Å². The standard InChI is InChI=1S/C10H15NOS/c1-10(2)7-11-9(12-10)6-8-4-3-5-13-8/h3-5,9,11H,6-7H2,1-2H3. The monoisotopic (exact) mass is 197 g/mol. The highest BCUT2D eigenvalue weighted by molar-refractivity contribution is 7.09. The van der Waals surface area contributed by atoms with Gasteiger partial charge in [-0.15, -0.1) is 11.3 Å². The lowest BCUT2D eigenvalue weighted by Crippen LogP contribution is -2.24. The van der Waals surface area contributed by atoms with Crippen LogP contribution in [0.2, 0.25) is 0 Å². The summed E-state index contributed by atoms with van der Waals surface area (Å²) in [7, 11) is 0. The lowest BCUT2D eigenvalue weighted by atomic mass is 10.1. The largest absolute Gasteiger partial charge is 0.356 e. The Morgan fingerprint density at radius 2 is 2.54 bits per heavy atom. The van der Waals surface area contributed by atoms with E-state index < -0.39 is 0 Å². The zero-order valence-corrected chi connectivity index (χ0v) is 8.86. The number of hydrogen-bond acceptors (Lipinski definition) is 3. The Labute approximate surface area is 82.9 Å². The van der Waals surface area contributed by atoms with Gasteiger partial charge in [-0.1, -0.05) is 6.07 Å². The predicted molar refractivity (Wildman–Crippen MR) is 55.0 cm³/mol. The Balaban J connectivity index is 1.91. The summed E-state index contributed by atoms with van der Waals surface area (Å²) in [5.74, 6) is 0. The molecule has 0 spiro atoms. The van der Waals surface area contributed by atoms with Gasteiger partial charge >= 0.3 is 0 Å². The van der Waals surface area contributed by atoms with Gasteiger partial charge in [0.2, 0.25) is 0 Å². The first-order chi connectivity index (χ1) is 6.16. The van der Waals surface area contributed by atoms with Crippen molar-refractivity contribution in [3.05, 3.63) is 22.4 Å². The zero-order valence-electron chi connectivity index (χ0n) is 8.04. The third-order valence-electron chi connectivity index (χ3n) is 2.18. The van der Waals surface area contributed by atoms with Gasteiger partial charge < -0.3 is 4.74 Å². The van der Waals surface area contributed by atoms with Crippen LogP contribution in [0.15, 0.2) is 17.5 Å². The molecule has 0 saturated carbocycles. The molecule has 0 aromatic carbocycles. The minimum absolute atomic E-state index is 0.00191. The zero-order chi connectivity index (χ0) is 9.31. The van der Waals surface area contributed by atoms with Gasteiger partial charge in [-0.2, -0.15) is 0 Å². The number of ether oxygens (including phenoxy) is 1. The highest BCUT2D eigenvalue weighted by Gasteiger charge is 2.30. The van der Waals surface area contributed by atoms with E-state index >= 15 is 0 Å². The molecule has 2 heterocycles. The Morgan fingerprint density at radius 3 is 3.08 bits per heavy atom. The van der Waals surface area contributed by atoms with E-state index in [0.717, 1.165) is 13.0 Å². The van der Waals surface area contributed by atoms with Crippen molar-refractivity contribution in [2.45, 2.75) is 32.1 Å². The highest BCUT2D eigenvalue weighted by Crippen LogP contribution is 2.21. The normalized spacial score (nSPS) is 26.5. The number of thiophene rings is 1. The van der Waals surface area contributed by atoms with E-state index in [1.54, 1.807) is 11.3 Å². The fourth-order valence-corrected chi connectivity index (χ4v) is 2.29. The molecule has 1 aliphatic rings. The van der Waals surface area contributed by atoms with E-state index in [1.165, 1.54) is 4.88 Å². The van der Waals surface area contributed by atoms with Gasteiger partial charge in [-0.25, -0.2) is 0 Å². The molecule has 13 heavy (non-hydrogen) atoms. The quantitative estimate of drug-likeness (QED) is 0.783. The molecule has 1 N–H and O–H groups in total. The maximum absolute atomic E-state index is 5.82. The van der Waals surface area contributed by atoms with Crippen molar-refractivity contribution < 1.29 is 4.74 Å². The summed E-state index contributed by atoms with van der Waals surface area (Å²) < 4.78 is 5.82. The third kappa shape index (κ3) is 2.30. The summed E-state index contributed by atoms with van der Waals surface area (Å²) in [6.07, 6.45) is 1.19. The molecule has 1 atom stereocenters. The van der Waals surface area contributed by atoms with Crippen LogP contribution in [0.25, 0.3) is 0 Å². The average Bonchev–Trinajstić information content (AvgIpc) is 2.61. The van der Waals surface area contributed by atoms with Crippen molar-refractivity contribution in [3.63, 3.8) is 0 Å². The van der Waals surface area contributed by atoms with Crippen molar-refractivity contribution in [3.8, 4) is 0 Å². The molecular weight excluding hydrogens is 182 g/mol. The molecule has 1 unspecified atom stereocenters. The molecule has 0 amide bonds. The summed E-state index contributed by atoms with van der Waals surface area (Å²) in [5.41, 5.74) is 0.00191. The Bertz CT molecular complexity index is 268. The molecule has 1 fully saturated rings. The van der Waals surface area contributed by atoms with Crippen molar-refractivity contribution >= 4 is 11.3 Å². The van der Waals surface area contributed by atoms with E-state index in [9.17, 15) is 0 Å². The number of nitrogens with one attached hydrogen (secondary N) is 1. The molecular formula is C10H15NOS. The summed E-state index contributed by atoms with van der Waals surface area (Å²) in [6, 6.07) is 4.24. The second kappa shape index (κ2) is 3.40. The van der Waals surface area contributed by atoms with E-state index in [4.69, 9.17) is 4.74 Å². The maximum Gasteiger partial charge on any atom is 0.113 e. The molecule has 0 radical (unpaired) electrons. The lowest BCUT2D eigenvalue weighted by molar-refractivity contribution is -0.0133. The first-order valence-corrected chi connectivity index (χ1v) is 5.47. The van der Waals surface area contributed by atoms with Crippen molar-refractivity contribution in [2.24, 2.45) is 0 Å². The van der Waals surface area contributed by atoms with Crippen LogP contribution < -0.4 is 5.32 Å². The Kier molecular flexibility index (Phi) is 2.41. The summed E-state index contributed by atoms with van der Waals surface area (Å²) >= 11 is 1.79. The molecule has 72 valence electrons. The second-order valence-corrected chi connectivity index (χ2v) is 5.06. The molecule has 2 rings (SSSR count). The van der Waals surface area contributed by atoms with Gasteiger partial charge in [0, 0.05) is 17.8 Å². The lowest BCUT2D eigenvalue weighted by Gasteiger charge is -2.16. The first-order valence-electron chi connectivity index (χ1n) is 4.59. The van der Waals surface area contributed by atoms with Crippen LogP contribution in [-0.2, 0) is 11.2 Å². The van der Waals surface area contributed by atoms with Crippen LogP contribution in [0.1, 0.15) is 18.7 Å². The van der Waals surface area contributed by atoms with Gasteiger partial charge in [0.15, 0.2) is 0 Å². The molecule has 1 aromatic heterocycles. The van der Waals surface area contributed by atoms with Gasteiger partial charge in [0.1, 0.15) is 6.23 Å². The van der Waals surface area contributed by atoms with E-state index in [2.05, 4.69) is 36.7 Å². The first kappa shape index (κ1) is 9.19. The molecule has 0 aliphatic carbocycles. The van der Waals surface area contributed by atoms with Crippen LogP contribution >= 0.6 is 11.3 Å². The Morgan fingerprint density at radius 1 is 1.69 bits per heavy atom. The fourth-order valence-electron chi connectivity index (χ4n) is 1.55. The minimum atomic E-state index is 0.00191. The summed E-state index contributed by atoms with van der Waals surface area (Å²) in [6.45, 7) is 5.19. The second-order valence-electron chi connectivity index (χ2n) is 4.03. The van der Waals surface area contributed by atoms with Gasteiger partial charge in [-0.05, 0) is 25.3 Å². The van der Waals surface area contributed by atoms with Crippen LogP contribution in [0.3, 0.4) is 0 Å². The molecule has 1 saturated heterocycles. The topological polar surface area (TPSA) is 21.3 Å².